The van der Waals surface area contributed by atoms with Crippen LogP contribution in [0.15, 0.2) is 6.20 Å². The SMILES string of the molecule is Cc1ncc(CNS(=O)(=O)N2CCNCC2)s1. The van der Waals surface area contributed by atoms with Gasteiger partial charge in [0, 0.05) is 43.8 Å². The molecule has 2 N–H and O–H groups in total. The third kappa shape index (κ3) is 3.46. The first-order valence-electron chi connectivity index (χ1n) is 5.45. The van der Waals surface area contributed by atoms with Gasteiger partial charge >= 0.3 is 0 Å². The second-order valence-corrected chi connectivity index (χ2v) is 6.90. The Morgan fingerprint density at radius 2 is 2.24 bits per heavy atom. The second-order valence-electron chi connectivity index (χ2n) is 3.82. The van der Waals surface area contributed by atoms with Crippen LogP contribution in [0.25, 0.3) is 0 Å². The first kappa shape index (κ1) is 12.9. The number of nitrogens with one attached hydrogen (secondary N) is 2. The highest BCUT2D eigenvalue weighted by atomic mass is 32.2. The van der Waals surface area contributed by atoms with Crippen molar-refractivity contribution in [2.45, 2.75) is 13.5 Å². The predicted octanol–water partition coefficient (Wildman–Crippen LogP) is -0.309. The van der Waals surface area contributed by atoms with Gasteiger partial charge < -0.3 is 5.32 Å². The fraction of sp³-hybridized carbons (Fsp3) is 0.667. The minimum absolute atomic E-state index is 0.317. The molecule has 0 aromatic carbocycles. The van der Waals surface area contributed by atoms with Crippen LogP contribution in [0.4, 0.5) is 0 Å². The van der Waals surface area contributed by atoms with E-state index in [2.05, 4.69) is 15.0 Å². The predicted molar refractivity (Wildman–Crippen MR) is 67.1 cm³/mol. The molecule has 1 aliphatic heterocycles. The van der Waals surface area contributed by atoms with E-state index in [1.54, 1.807) is 6.20 Å². The Morgan fingerprint density at radius 1 is 1.53 bits per heavy atom. The van der Waals surface area contributed by atoms with Crippen LogP contribution in [0, 0.1) is 6.92 Å². The lowest BCUT2D eigenvalue weighted by molar-refractivity contribution is 0.355. The summed E-state index contributed by atoms with van der Waals surface area (Å²) in [6.07, 6.45) is 1.71. The van der Waals surface area contributed by atoms with Crippen molar-refractivity contribution in [1.82, 2.24) is 19.3 Å². The number of piperazine rings is 1. The molecule has 1 fully saturated rings. The Bertz CT molecular complexity index is 465. The van der Waals surface area contributed by atoms with Gasteiger partial charge in [-0.25, -0.2) is 4.98 Å². The average Bonchev–Trinajstić information content (AvgIpc) is 2.74. The summed E-state index contributed by atoms with van der Waals surface area (Å²) in [6.45, 7) is 4.69. The van der Waals surface area contributed by atoms with Gasteiger partial charge in [-0.05, 0) is 6.92 Å². The number of aromatic nitrogens is 1. The largest absolute Gasteiger partial charge is 0.314 e. The molecule has 0 aliphatic carbocycles. The second kappa shape index (κ2) is 5.40. The minimum Gasteiger partial charge on any atom is -0.314 e. The Hall–Kier alpha value is -0.540. The molecule has 1 aromatic heterocycles. The number of hydrogen-bond acceptors (Lipinski definition) is 5. The average molecular weight is 276 g/mol. The molecule has 0 amide bonds. The molecule has 2 heterocycles. The van der Waals surface area contributed by atoms with Gasteiger partial charge in [-0.2, -0.15) is 17.4 Å². The summed E-state index contributed by atoms with van der Waals surface area (Å²) >= 11 is 1.51. The Kier molecular flexibility index (Phi) is 4.10. The lowest BCUT2D eigenvalue weighted by Gasteiger charge is -2.26. The van der Waals surface area contributed by atoms with Crippen molar-refractivity contribution in [2.75, 3.05) is 26.2 Å². The Labute approximate surface area is 105 Å². The number of hydrogen-bond donors (Lipinski definition) is 2. The van der Waals surface area contributed by atoms with Crippen LogP contribution in [0.2, 0.25) is 0 Å². The molecule has 8 heteroatoms. The Morgan fingerprint density at radius 3 is 2.82 bits per heavy atom. The highest BCUT2D eigenvalue weighted by molar-refractivity contribution is 7.87. The van der Waals surface area contributed by atoms with Gasteiger partial charge in [0.25, 0.3) is 10.2 Å². The first-order valence-corrected chi connectivity index (χ1v) is 7.70. The van der Waals surface area contributed by atoms with Gasteiger partial charge in [0.05, 0.1) is 5.01 Å². The van der Waals surface area contributed by atoms with Gasteiger partial charge in [0.2, 0.25) is 0 Å². The van der Waals surface area contributed by atoms with Crippen molar-refractivity contribution >= 4 is 21.5 Å². The number of thiazole rings is 1. The summed E-state index contributed by atoms with van der Waals surface area (Å²) in [5, 5.41) is 4.07. The van der Waals surface area contributed by atoms with E-state index < -0.39 is 10.2 Å². The maximum atomic E-state index is 11.9. The Balaban J connectivity index is 1.92. The topological polar surface area (TPSA) is 74.3 Å². The molecule has 0 unspecified atom stereocenters. The van der Waals surface area contributed by atoms with Gasteiger partial charge in [0.1, 0.15) is 0 Å². The van der Waals surface area contributed by atoms with Crippen LogP contribution in [-0.2, 0) is 16.8 Å². The van der Waals surface area contributed by atoms with Crippen molar-refractivity contribution in [2.24, 2.45) is 0 Å². The molecular weight excluding hydrogens is 260 g/mol. The van der Waals surface area contributed by atoms with Crippen molar-refractivity contribution in [1.29, 1.82) is 0 Å². The molecule has 0 radical (unpaired) electrons. The van der Waals surface area contributed by atoms with E-state index in [4.69, 9.17) is 0 Å². The van der Waals surface area contributed by atoms with E-state index in [0.717, 1.165) is 9.88 Å². The van der Waals surface area contributed by atoms with E-state index in [1.165, 1.54) is 15.6 Å². The minimum atomic E-state index is -3.35. The smallest absolute Gasteiger partial charge is 0.279 e. The standard InChI is InChI=1S/C9H16N4O2S2/c1-8-11-6-9(16-8)7-12-17(14,15)13-4-2-10-3-5-13/h6,10,12H,2-5,7H2,1H3. The zero-order valence-corrected chi connectivity index (χ0v) is 11.3. The van der Waals surface area contributed by atoms with Crippen LogP contribution < -0.4 is 10.0 Å². The zero-order chi connectivity index (χ0) is 12.3. The maximum absolute atomic E-state index is 11.9. The monoisotopic (exact) mass is 276 g/mol. The number of nitrogens with zero attached hydrogens (tertiary/aromatic N) is 2. The van der Waals surface area contributed by atoms with Gasteiger partial charge in [-0.1, -0.05) is 0 Å². The third-order valence-electron chi connectivity index (χ3n) is 2.51. The van der Waals surface area contributed by atoms with Crippen molar-refractivity contribution in [3.8, 4) is 0 Å². The fourth-order valence-corrected chi connectivity index (χ4v) is 3.64. The van der Waals surface area contributed by atoms with E-state index in [9.17, 15) is 8.42 Å². The lowest BCUT2D eigenvalue weighted by atomic mass is 10.4. The van der Waals surface area contributed by atoms with E-state index >= 15 is 0 Å². The van der Waals surface area contributed by atoms with Crippen LogP contribution in [0.3, 0.4) is 0 Å². The van der Waals surface area contributed by atoms with Crippen molar-refractivity contribution in [3.05, 3.63) is 16.1 Å². The van der Waals surface area contributed by atoms with Crippen LogP contribution >= 0.6 is 11.3 Å². The van der Waals surface area contributed by atoms with Crippen LogP contribution in [-0.4, -0.2) is 43.9 Å². The summed E-state index contributed by atoms with van der Waals surface area (Å²) in [5.74, 6) is 0. The van der Waals surface area contributed by atoms with E-state index in [1.807, 2.05) is 6.92 Å². The lowest BCUT2D eigenvalue weighted by Crippen LogP contribution is -2.50. The van der Waals surface area contributed by atoms with Crippen molar-refractivity contribution in [3.63, 3.8) is 0 Å². The molecule has 0 atom stereocenters. The van der Waals surface area contributed by atoms with Gasteiger partial charge in [-0.15, -0.1) is 11.3 Å². The highest BCUT2D eigenvalue weighted by Crippen LogP contribution is 2.11. The summed E-state index contributed by atoms with van der Waals surface area (Å²) in [7, 11) is -3.35. The summed E-state index contributed by atoms with van der Waals surface area (Å²) in [6, 6.07) is 0. The fourth-order valence-electron chi connectivity index (χ4n) is 1.63. The molecular formula is C9H16N4O2S2. The maximum Gasteiger partial charge on any atom is 0.279 e. The van der Waals surface area contributed by atoms with E-state index in [-0.39, 0.29) is 0 Å². The first-order chi connectivity index (χ1) is 8.08. The molecule has 96 valence electrons. The molecule has 17 heavy (non-hydrogen) atoms. The summed E-state index contributed by atoms with van der Waals surface area (Å²) in [4.78, 5) is 5.02. The van der Waals surface area contributed by atoms with Crippen LogP contribution in [0.1, 0.15) is 9.88 Å². The molecule has 1 aromatic rings. The zero-order valence-electron chi connectivity index (χ0n) is 9.64. The van der Waals surface area contributed by atoms with Crippen molar-refractivity contribution < 1.29 is 8.42 Å². The number of aryl methyl sites for hydroxylation is 1. The molecule has 0 saturated carbocycles. The highest BCUT2D eigenvalue weighted by Gasteiger charge is 2.23. The quantitative estimate of drug-likeness (QED) is 0.791. The molecule has 1 saturated heterocycles. The molecule has 2 rings (SSSR count). The molecule has 0 spiro atoms. The van der Waals surface area contributed by atoms with E-state index in [0.29, 0.717) is 32.7 Å². The molecule has 6 nitrogen and oxygen atoms in total. The third-order valence-corrected chi connectivity index (χ3v) is 4.98. The molecule has 0 bridgehead atoms. The van der Waals surface area contributed by atoms with Gasteiger partial charge in [0.15, 0.2) is 0 Å². The number of rotatable bonds is 4. The van der Waals surface area contributed by atoms with Crippen LogP contribution in [0.5, 0.6) is 0 Å². The normalized spacial score (nSPS) is 18.4. The summed E-state index contributed by atoms with van der Waals surface area (Å²) in [5.41, 5.74) is 0. The summed E-state index contributed by atoms with van der Waals surface area (Å²) < 4.78 is 27.9. The molecule has 1 aliphatic rings. The van der Waals surface area contributed by atoms with Gasteiger partial charge in [-0.3, -0.25) is 0 Å².